The summed E-state index contributed by atoms with van der Waals surface area (Å²) < 4.78 is 4.63. The highest BCUT2D eigenvalue weighted by Gasteiger charge is 2.31. The fourth-order valence-corrected chi connectivity index (χ4v) is 1.78. The number of hydrogen-bond acceptors (Lipinski definition) is 4. The third kappa shape index (κ3) is 3.89. The van der Waals surface area contributed by atoms with Gasteiger partial charge in [-0.25, -0.2) is 4.79 Å². The average molecular weight is 283 g/mol. The van der Waals surface area contributed by atoms with E-state index in [-0.39, 0.29) is 13.0 Å². The lowest BCUT2D eigenvalue weighted by Gasteiger charge is -2.11. The normalized spacial score (nSPS) is 11.7. The molecule has 0 saturated carbocycles. The van der Waals surface area contributed by atoms with Gasteiger partial charge in [-0.2, -0.15) is 0 Å². The molecule has 0 spiro atoms. The molecule has 1 atom stereocenters. The molecule has 0 heterocycles. The minimum absolute atomic E-state index is 0.107. The molecule has 1 aromatic rings. The molecule has 0 aliphatic heterocycles. The number of hydrogen-bond donors (Lipinski definition) is 0. The minimum Gasteiger partial charge on any atom is -0.460 e. The number of halogens is 1. The predicted molar refractivity (Wildman–Crippen MR) is 71.2 cm³/mol. The molecule has 4 nitrogen and oxygen atoms in total. The maximum Gasteiger partial charge on any atom is 0.375 e. The van der Waals surface area contributed by atoms with E-state index in [1.165, 1.54) is 12.1 Å². The third-order valence-electron chi connectivity index (χ3n) is 2.65. The van der Waals surface area contributed by atoms with Crippen LogP contribution in [0.25, 0.3) is 0 Å². The molecule has 19 heavy (non-hydrogen) atoms. The number of carbonyl (C=O) groups is 3. The second-order valence-electron chi connectivity index (χ2n) is 3.92. The van der Waals surface area contributed by atoms with Crippen molar-refractivity contribution in [3.8, 4) is 0 Å². The lowest BCUT2D eigenvalue weighted by Crippen LogP contribution is -2.31. The van der Waals surface area contributed by atoms with Crippen molar-refractivity contribution >= 4 is 29.1 Å². The highest BCUT2D eigenvalue weighted by Crippen LogP contribution is 2.17. The van der Waals surface area contributed by atoms with Crippen LogP contribution >= 0.6 is 11.6 Å². The van der Waals surface area contributed by atoms with Crippen molar-refractivity contribution in [1.29, 1.82) is 0 Å². The maximum absolute atomic E-state index is 12.2. The van der Waals surface area contributed by atoms with Gasteiger partial charge in [-0.15, -0.1) is 0 Å². The van der Waals surface area contributed by atoms with Crippen LogP contribution in [0, 0.1) is 5.92 Å². The first-order valence-electron chi connectivity index (χ1n) is 6.02. The van der Waals surface area contributed by atoms with Gasteiger partial charge >= 0.3 is 5.97 Å². The lowest BCUT2D eigenvalue weighted by atomic mass is 9.91. The van der Waals surface area contributed by atoms with Gasteiger partial charge in [0, 0.05) is 10.6 Å². The smallest absolute Gasteiger partial charge is 0.375 e. The zero-order chi connectivity index (χ0) is 14.4. The molecule has 1 rings (SSSR count). The monoisotopic (exact) mass is 282 g/mol. The van der Waals surface area contributed by atoms with Crippen LogP contribution < -0.4 is 0 Å². The van der Waals surface area contributed by atoms with E-state index in [1.807, 2.05) is 0 Å². The van der Waals surface area contributed by atoms with Crippen LogP contribution in [0.2, 0.25) is 5.02 Å². The second-order valence-corrected chi connectivity index (χ2v) is 4.35. The van der Waals surface area contributed by atoms with E-state index in [0.29, 0.717) is 10.6 Å². The molecule has 0 bridgehead atoms. The van der Waals surface area contributed by atoms with E-state index in [1.54, 1.807) is 26.0 Å². The Hall–Kier alpha value is -1.68. The summed E-state index contributed by atoms with van der Waals surface area (Å²) in [5.41, 5.74) is 0.355. The van der Waals surface area contributed by atoms with Crippen molar-refractivity contribution in [2.75, 3.05) is 6.61 Å². The summed E-state index contributed by atoms with van der Waals surface area (Å²) in [4.78, 5) is 35.4. The topological polar surface area (TPSA) is 60.4 Å². The van der Waals surface area contributed by atoms with E-state index in [4.69, 9.17) is 11.6 Å². The highest BCUT2D eigenvalue weighted by atomic mass is 35.5. The minimum atomic E-state index is -1.000. The quantitative estimate of drug-likeness (QED) is 0.348. The average Bonchev–Trinajstić information content (AvgIpc) is 2.40. The Morgan fingerprint density at radius 1 is 1.16 bits per heavy atom. The number of rotatable bonds is 6. The summed E-state index contributed by atoms with van der Waals surface area (Å²) in [6, 6.07) is 6.20. The predicted octanol–water partition coefficient (Wildman–Crippen LogP) is 2.68. The SMILES string of the molecule is CCOC(=O)C(=O)[C@@H](CC)C(=O)c1ccc(Cl)cc1. The van der Waals surface area contributed by atoms with Crippen LogP contribution in [-0.2, 0) is 14.3 Å². The Morgan fingerprint density at radius 2 is 1.74 bits per heavy atom. The van der Waals surface area contributed by atoms with Crippen LogP contribution in [0.15, 0.2) is 24.3 Å². The van der Waals surface area contributed by atoms with Crippen LogP contribution in [0.4, 0.5) is 0 Å². The Labute approximate surface area is 116 Å². The first-order valence-corrected chi connectivity index (χ1v) is 6.39. The summed E-state index contributed by atoms with van der Waals surface area (Å²) in [6.45, 7) is 3.39. The van der Waals surface area contributed by atoms with Crippen molar-refractivity contribution in [3.63, 3.8) is 0 Å². The third-order valence-corrected chi connectivity index (χ3v) is 2.90. The second kappa shape index (κ2) is 7.04. The van der Waals surface area contributed by atoms with Crippen molar-refractivity contribution in [1.82, 2.24) is 0 Å². The molecule has 0 aliphatic rings. The van der Waals surface area contributed by atoms with Crippen molar-refractivity contribution in [3.05, 3.63) is 34.9 Å². The number of esters is 1. The van der Waals surface area contributed by atoms with E-state index in [9.17, 15) is 14.4 Å². The number of Topliss-reactive ketones (excluding diaryl/α,β-unsaturated/α-hetero) is 2. The highest BCUT2D eigenvalue weighted by molar-refractivity contribution is 6.39. The molecule has 1 aromatic carbocycles. The van der Waals surface area contributed by atoms with E-state index in [0.717, 1.165) is 0 Å². The number of ketones is 2. The van der Waals surface area contributed by atoms with E-state index < -0.39 is 23.5 Å². The van der Waals surface area contributed by atoms with Crippen molar-refractivity contribution in [2.45, 2.75) is 20.3 Å². The summed E-state index contributed by atoms with van der Waals surface area (Å²) in [5.74, 6) is -3.15. The molecule has 0 amide bonds. The standard InChI is InChI=1S/C14H15ClO4/c1-3-11(13(17)14(18)19-4-2)12(16)9-5-7-10(15)8-6-9/h5-8,11H,3-4H2,1-2H3/t11-/m0/s1. The Balaban J connectivity index is 2.90. The van der Waals surface area contributed by atoms with E-state index in [2.05, 4.69) is 4.74 Å². The summed E-state index contributed by atoms with van der Waals surface area (Å²) in [7, 11) is 0. The largest absolute Gasteiger partial charge is 0.460 e. The molecule has 0 fully saturated rings. The zero-order valence-corrected chi connectivity index (χ0v) is 11.6. The fourth-order valence-electron chi connectivity index (χ4n) is 1.65. The lowest BCUT2D eigenvalue weighted by molar-refractivity contribution is -0.154. The Bertz CT molecular complexity index is 479. The summed E-state index contributed by atoms with van der Waals surface area (Å²) in [5, 5.41) is 0.501. The summed E-state index contributed by atoms with van der Waals surface area (Å²) >= 11 is 5.73. The Kier molecular flexibility index (Phi) is 5.70. The van der Waals surface area contributed by atoms with Gasteiger partial charge in [0.25, 0.3) is 5.78 Å². The van der Waals surface area contributed by atoms with Crippen molar-refractivity contribution < 1.29 is 19.1 Å². The zero-order valence-electron chi connectivity index (χ0n) is 10.8. The van der Waals surface area contributed by atoms with Gasteiger partial charge in [-0.05, 0) is 37.6 Å². The molecular formula is C14H15ClO4. The molecule has 0 aromatic heterocycles. The number of ether oxygens (including phenoxy) is 1. The van der Waals surface area contributed by atoms with Gasteiger partial charge in [-0.3, -0.25) is 9.59 Å². The van der Waals surface area contributed by atoms with Crippen LogP contribution in [0.1, 0.15) is 30.6 Å². The van der Waals surface area contributed by atoms with Gasteiger partial charge in [-0.1, -0.05) is 18.5 Å². The molecule has 0 N–H and O–H groups in total. The molecule has 0 unspecified atom stereocenters. The van der Waals surface area contributed by atoms with Crippen LogP contribution in [0.5, 0.6) is 0 Å². The molecule has 0 saturated heterocycles. The first-order chi connectivity index (χ1) is 9.01. The number of carbonyl (C=O) groups excluding carboxylic acids is 3. The fraction of sp³-hybridized carbons (Fsp3) is 0.357. The van der Waals surface area contributed by atoms with Gasteiger partial charge in [0.2, 0.25) is 0 Å². The summed E-state index contributed by atoms with van der Waals surface area (Å²) in [6.07, 6.45) is 0.249. The molecule has 0 aliphatic carbocycles. The Morgan fingerprint density at radius 3 is 2.21 bits per heavy atom. The van der Waals surface area contributed by atoms with Crippen molar-refractivity contribution in [2.24, 2.45) is 5.92 Å². The van der Waals surface area contributed by atoms with Gasteiger partial charge in [0.15, 0.2) is 5.78 Å². The van der Waals surface area contributed by atoms with Gasteiger partial charge < -0.3 is 4.74 Å². The molecule has 102 valence electrons. The molecule has 0 radical (unpaired) electrons. The van der Waals surface area contributed by atoms with Gasteiger partial charge in [0.1, 0.15) is 0 Å². The first kappa shape index (κ1) is 15.4. The maximum atomic E-state index is 12.2. The number of benzene rings is 1. The van der Waals surface area contributed by atoms with Crippen LogP contribution in [-0.4, -0.2) is 24.1 Å². The molecular weight excluding hydrogens is 268 g/mol. The van der Waals surface area contributed by atoms with Gasteiger partial charge in [0.05, 0.1) is 12.5 Å². The van der Waals surface area contributed by atoms with E-state index >= 15 is 0 Å². The molecule has 5 heteroatoms. The van der Waals surface area contributed by atoms with Crippen LogP contribution in [0.3, 0.4) is 0 Å².